The fraction of sp³-hybridized carbons (Fsp3) is 1.00. The summed E-state index contributed by atoms with van der Waals surface area (Å²) in [6.45, 7) is 0.985. The van der Waals surface area contributed by atoms with Crippen molar-refractivity contribution >= 4 is 0 Å². The van der Waals surface area contributed by atoms with Gasteiger partial charge in [0, 0.05) is 13.2 Å². The van der Waals surface area contributed by atoms with Gasteiger partial charge in [-0.3, -0.25) is 0 Å². The Labute approximate surface area is 104 Å². The molecule has 102 valence electrons. The van der Waals surface area contributed by atoms with Crippen molar-refractivity contribution in [2.45, 2.75) is 69.7 Å². The predicted molar refractivity (Wildman–Crippen MR) is 65.8 cm³/mol. The highest BCUT2D eigenvalue weighted by Gasteiger charge is 2.17. The van der Waals surface area contributed by atoms with Crippen LogP contribution in [-0.4, -0.2) is 46.8 Å². The van der Waals surface area contributed by atoms with Gasteiger partial charge in [-0.2, -0.15) is 0 Å². The monoisotopic (exact) mass is 246 g/mol. The summed E-state index contributed by atoms with van der Waals surface area (Å²) >= 11 is 0. The van der Waals surface area contributed by atoms with Crippen LogP contribution in [0.2, 0.25) is 0 Å². The van der Waals surface area contributed by atoms with Gasteiger partial charge in [-0.15, -0.1) is 0 Å². The smallest absolute Gasteiger partial charge is 0.0577 e. The topological polar surface area (TPSA) is 69.9 Å². The van der Waals surface area contributed by atoms with E-state index < -0.39 is 0 Å². The molecule has 0 unspecified atom stereocenters. The van der Waals surface area contributed by atoms with Crippen LogP contribution in [0.3, 0.4) is 0 Å². The molecule has 1 heterocycles. The Morgan fingerprint density at radius 3 is 2.35 bits per heavy atom. The lowest BCUT2D eigenvalue weighted by molar-refractivity contribution is 0.0685. The maximum atomic E-state index is 9.77. The minimum Gasteiger partial charge on any atom is -0.396 e. The van der Waals surface area contributed by atoms with Crippen LogP contribution < -0.4 is 0 Å². The molecule has 0 aromatic heterocycles. The molecule has 0 aliphatic carbocycles. The van der Waals surface area contributed by atoms with Crippen LogP contribution >= 0.6 is 0 Å². The van der Waals surface area contributed by atoms with Crippen molar-refractivity contribution in [3.8, 4) is 0 Å². The normalized spacial score (nSPS) is 23.8. The second-order valence-corrected chi connectivity index (χ2v) is 4.96. The summed E-state index contributed by atoms with van der Waals surface area (Å²) < 4.78 is 5.49. The standard InChI is InChI=1S/C13H26O4/c14-9-1-3-11(15)5-6-12(16)7-8-13-4-2-10-17-13/h11-16H,1-10H2/t11-,12-,13-/m1/s1. The Morgan fingerprint density at radius 2 is 1.76 bits per heavy atom. The highest BCUT2D eigenvalue weighted by molar-refractivity contribution is 4.68. The fourth-order valence-corrected chi connectivity index (χ4v) is 2.25. The largest absolute Gasteiger partial charge is 0.396 e. The van der Waals surface area contributed by atoms with E-state index in [0.717, 1.165) is 32.3 Å². The van der Waals surface area contributed by atoms with Gasteiger partial charge in [0.05, 0.1) is 18.3 Å². The molecular formula is C13H26O4. The molecule has 3 N–H and O–H groups in total. The molecule has 1 aliphatic rings. The highest BCUT2D eigenvalue weighted by atomic mass is 16.5. The first-order chi connectivity index (χ1) is 8.22. The fourth-order valence-electron chi connectivity index (χ4n) is 2.25. The predicted octanol–water partition coefficient (Wildman–Crippen LogP) is 1.22. The van der Waals surface area contributed by atoms with E-state index >= 15 is 0 Å². The molecule has 0 amide bonds. The highest BCUT2D eigenvalue weighted by Crippen LogP contribution is 2.19. The lowest BCUT2D eigenvalue weighted by Crippen LogP contribution is -2.16. The van der Waals surface area contributed by atoms with Gasteiger partial charge in [0.25, 0.3) is 0 Å². The second kappa shape index (κ2) is 8.86. The first-order valence-electron chi connectivity index (χ1n) is 6.81. The first-order valence-corrected chi connectivity index (χ1v) is 6.81. The lowest BCUT2D eigenvalue weighted by Gasteiger charge is -2.15. The van der Waals surface area contributed by atoms with Crippen LogP contribution in [0.4, 0.5) is 0 Å². The average Bonchev–Trinajstić information content (AvgIpc) is 2.84. The van der Waals surface area contributed by atoms with Crippen LogP contribution in [0, 0.1) is 0 Å². The number of hydrogen-bond donors (Lipinski definition) is 3. The summed E-state index contributed by atoms with van der Waals surface area (Å²) in [6.07, 6.45) is 6.07. The number of ether oxygens (including phenoxy) is 1. The van der Waals surface area contributed by atoms with Gasteiger partial charge < -0.3 is 20.1 Å². The maximum Gasteiger partial charge on any atom is 0.0577 e. The van der Waals surface area contributed by atoms with Crippen LogP contribution in [0.25, 0.3) is 0 Å². The van der Waals surface area contributed by atoms with E-state index in [1.165, 1.54) is 0 Å². The van der Waals surface area contributed by atoms with Crippen LogP contribution in [-0.2, 0) is 4.74 Å². The summed E-state index contributed by atoms with van der Waals surface area (Å²) in [6, 6.07) is 0. The summed E-state index contributed by atoms with van der Waals surface area (Å²) in [5.41, 5.74) is 0. The van der Waals surface area contributed by atoms with Gasteiger partial charge in [-0.05, 0) is 51.4 Å². The van der Waals surface area contributed by atoms with E-state index in [2.05, 4.69) is 0 Å². The van der Waals surface area contributed by atoms with Crippen molar-refractivity contribution in [2.24, 2.45) is 0 Å². The van der Waals surface area contributed by atoms with Gasteiger partial charge >= 0.3 is 0 Å². The third-order valence-corrected chi connectivity index (χ3v) is 3.37. The van der Waals surface area contributed by atoms with E-state index in [0.29, 0.717) is 31.8 Å². The van der Waals surface area contributed by atoms with Gasteiger partial charge in [-0.25, -0.2) is 0 Å². The Kier molecular flexibility index (Phi) is 7.77. The number of hydrogen-bond acceptors (Lipinski definition) is 4. The quantitative estimate of drug-likeness (QED) is 0.572. The Balaban J connectivity index is 1.97. The second-order valence-electron chi connectivity index (χ2n) is 4.96. The van der Waals surface area contributed by atoms with Gasteiger partial charge in [0.15, 0.2) is 0 Å². The zero-order valence-electron chi connectivity index (χ0n) is 10.6. The SMILES string of the molecule is OCCC[C@@H](O)CC[C@@H](O)CC[C@H]1CCCO1. The Morgan fingerprint density at radius 1 is 1.06 bits per heavy atom. The van der Waals surface area contributed by atoms with E-state index in [9.17, 15) is 10.2 Å². The molecule has 0 saturated carbocycles. The van der Waals surface area contributed by atoms with Gasteiger partial charge in [-0.1, -0.05) is 0 Å². The van der Waals surface area contributed by atoms with E-state index in [1.54, 1.807) is 0 Å². The Bertz CT molecular complexity index is 180. The molecular weight excluding hydrogens is 220 g/mol. The molecule has 1 fully saturated rings. The molecule has 3 atom stereocenters. The molecule has 4 heteroatoms. The molecule has 1 saturated heterocycles. The summed E-state index contributed by atoms with van der Waals surface area (Å²) in [5, 5.41) is 28.0. The zero-order valence-corrected chi connectivity index (χ0v) is 10.6. The van der Waals surface area contributed by atoms with Crippen LogP contribution in [0.1, 0.15) is 51.4 Å². The summed E-state index contributed by atoms with van der Waals surface area (Å²) in [7, 11) is 0. The first kappa shape index (κ1) is 14.9. The minimum absolute atomic E-state index is 0.124. The molecule has 1 aliphatic heterocycles. The number of aliphatic hydroxyl groups is 3. The van der Waals surface area contributed by atoms with E-state index in [-0.39, 0.29) is 18.8 Å². The number of aliphatic hydroxyl groups excluding tert-OH is 3. The zero-order chi connectivity index (χ0) is 12.5. The molecule has 0 radical (unpaired) electrons. The third kappa shape index (κ3) is 6.99. The van der Waals surface area contributed by atoms with Crippen LogP contribution in [0.15, 0.2) is 0 Å². The van der Waals surface area contributed by atoms with E-state index in [1.807, 2.05) is 0 Å². The molecule has 0 aromatic carbocycles. The minimum atomic E-state index is -0.389. The van der Waals surface area contributed by atoms with Crippen molar-refractivity contribution in [2.75, 3.05) is 13.2 Å². The van der Waals surface area contributed by atoms with Crippen LogP contribution in [0.5, 0.6) is 0 Å². The molecule has 17 heavy (non-hydrogen) atoms. The van der Waals surface area contributed by atoms with Crippen molar-refractivity contribution < 1.29 is 20.1 Å². The molecule has 0 aromatic rings. The summed E-state index contributed by atoms with van der Waals surface area (Å²) in [4.78, 5) is 0. The molecule has 0 spiro atoms. The van der Waals surface area contributed by atoms with Gasteiger partial charge in [0.1, 0.15) is 0 Å². The molecule has 0 bridgehead atoms. The van der Waals surface area contributed by atoms with E-state index in [4.69, 9.17) is 9.84 Å². The lowest BCUT2D eigenvalue weighted by atomic mass is 10.0. The summed E-state index contributed by atoms with van der Waals surface area (Å²) in [5.74, 6) is 0. The van der Waals surface area contributed by atoms with Crippen molar-refractivity contribution in [3.63, 3.8) is 0 Å². The Hall–Kier alpha value is -0.160. The van der Waals surface area contributed by atoms with Crippen molar-refractivity contribution in [1.82, 2.24) is 0 Å². The third-order valence-electron chi connectivity index (χ3n) is 3.37. The van der Waals surface area contributed by atoms with Crippen molar-refractivity contribution in [3.05, 3.63) is 0 Å². The average molecular weight is 246 g/mol. The molecule has 1 rings (SSSR count). The molecule has 4 nitrogen and oxygen atoms in total. The van der Waals surface area contributed by atoms with Crippen molar-refractivity contribution in [1.29, 1.82) is 0 Å². The van der Waals surface area contributed by atoms with Gasteiger partial charge in [0.2, 0.25) is 0 Å². The number of rotatable bonds is 9. The maximum absolute atomic E-state index is 9.77.